The van der Waals surface area contributed by atoms with Crippen molar-refractivity contribution in [3.8, 4) is 5.75 Å². The molecule has 0 bridgehead atoms. The van der Waals surface area contributed by atoms with Crippen LogP contribution in [0, 0.1) is 6.92 Å². The van der Waals surface area contributed by atoms with E-state index in [0.29, 0.717) is 0 Å². The van der Waals surface area contributed by atoms with Crippen LogP contribution in [0.3, 0.4) is 0 Å². The van der Waals surface area contributed by atoms with Crippen LogP contribution in [-0.4, -0.2) is 7.11 Å². The van der Waals surface area contributed by atoms with E-state index in [9.17, 15) is 0 Å². The molecule has 0 saturated carbocycles. The second kappa shape index (κ2) is 6.22. The van der Waals surface area contributed by atoms with E-state index in [1.165, 1.54) is 11.1 Å². The zero-order chi connectivity index (χ0) is 13.8. The highest BCUT2D eigenvalue weighted by atomic mass is 79.9. The monoisotopic (exact) mass is 319 g/mol. The fourth-order valence-electron chi connectivity index (χ4n) is 2.18. The Morgan fingerprint density at radius 3 is 2.63 bits per heavy atom. The fraction of sp³-hybridized carbons (Fsp3) is 0.250. The van der Waals surface area contributed by atoms with Crippen LogP contribution in [-0.2, 0) is 6.42 Å². The molecular weight excluding hydrogens is 302 g/mol. The van der Waals surface area contributed by atoms with Crippen molar-refractivity contribution in [2.75, 3.05) is 7.11 Å². The van der Waals surface area contributed by atoms with E-state index in [0.717, 1.165) is 22.2 Å². The maximum atomic E-state index is 6.33. The number of halogens is 1. The molecular formula is C16H18BrNO. The number of ether oxygens (including phenoxy) is 1. The molecule has 100 valence electrons. The first kappa shape index (κ1) is 14.1. The number of methoxy groups -OCH3 is 1. The van der Waals surface area contributed by atoms with Gasteiger partial charge in [0.2, 0.25) is 0 Å². The highest BCUT2D eigenvalue weighted by Gasteiger charge is 2.12. The number of rotatable bonds is 4. The standard InChI is InChI=1S/C16H18BrNO/c1-11-5-3-4-6-14(11)16(18)10-12-9-13(19-2)7-8-15(12)17/h3-9,16H,10,18H2,1-2H3. The van der Waals surface area contributed by atoms with Crippen molar-refractivity contribution in [1.82, 2.24) is 0 Å². The summed E-state index contributed by atoms with van der Waals surface area (Å²) >= 11 is 3.57. The van der Waals surface area contributed by atoms with Crippen LogP contribution < -0.4 is 10.5 Å². The molecule has 0 aliphatic heterocycles. The van der Waals surface area contributed by atoms with Gasteiger partial charge in [-0.25, -0.2) is 0 Å². The van der Waals surface area contributed by atoms with Gasteiger partial charge in [-0.15, -0.1) is 0 Å². The van der Waals surface area contributed by atoms with Gasteiger partial charge >= 0.3 is 0 Å². The Morgan fingerprint density at radius 1 is 1.21 bits per heavy atom. The lowest BCUT2D eigenvalue weighted by Gasteiger charge is -2.16. The van der Waals surface area contributed by atoms with Gasteiger partial charge < -0.3 is 10.5 Å². The van der Waals surface area contributed by atoms with E-state index >= 15 is 0 Å². The second-order valence-electron chi connectivity index (χ2n) is 4.62. The van der Waals surface area contributed by atoms with E-state index in [1.54, 1.807) is 7.11 Å². The number of benzene rings is 2. The van der Waals surface area contributed by atoms with Crippen molar-refractivity contribution < 1.29 is 4.74 Å². The molecule has 0 fully saturated rings. The van der Waals surface area contributed by atoms with Gasteiger partial charge in [-0.3, -0.25) is 0 Å². The van der Waals surface area contributed by atoms with Crippen LogP contribution >= 0.6 is 15.9 Å². The van der Waals surface area contributed by atoms with Crippen LogP contribution in [0.2, 0.25) is 0 Å². The fourth-order valence-corrected chi connectivity index (χ4v) is 2.59. The Morgan fingerprint density at radius 2 is 1.95 bits per heavy atom. The first-order valence-corrected chi connectivity index (χ1v) is 7.04. The quantitative estimate of drug-likeness (QED) is 0.924. The average Bonchev–Trinajstić information content (AvgIpc) is 2.41. The summed E-state index contributed by atoms with van der Waals surface area (Å²) < 4.78 is 6.33. The number of nitrogens with two attached hydrogens (primary N) is 1. The summed E-state index contributed by atoms with van der Waals surface area (Å²) in [4.78, 5) is 0. The zero-order valence-corrected chi connectivity index (χ0v) is 12.8. The van der Waals surface area contributed by atoms with Crippen molar-refractivity contribution in [3.05, 3.63) is 63.6 Å². The van der Waals surface area contributed by atoms with Gasteiger partial charge in [0.1, 0.15) is 5.75 Å². The van der Waals surface area contributed by atoms with Gasteiger partial charge in [-0.1, -0.05) is 40.2 Å². The van der Waals surface area contributed by atoms with Crippen LogP contribution in [0.25, 0.3) is 0 Å². The molecule has 3 heteroatoms. The molecule has 0 amide bonds. The minimum Gasteiger partial charge on any atom is -0.497 e. The normalized spacial score (nSPS) is 12.2. The van der Waals surface area contributed by atoms with Crippen LogP contribution in [0.4, 0.5) is 0 Å². The van der Waals surface area contributed by atoms with Crippen molar-refractivity contribution >= 4 is 15.9 Å². The maximum Gasteiger partial charge on any atom is 0.119 e. The molecule has 0 aliphatic rings. The topological polar surface area (TPSA) is 35.2 Å². The molecule has 0 aromatic heterocycles. The molecule has 1 unspecified atom stereocenters. The number of aryl methyl sites for hydroxylation is 1. The molecule has 0 radical (unpaired) electrons. The Hall–Kier alpha value is -1.32. The van der Waals surface area contributed by atoms with E-state index in [4.69, 9.17) is 10.5 Å². The van der Waals surface area contributed by atoms with Gasteiger partial charge in [0.15, 0.2) is 0 Å². The summed E-state index contributed by atoms with van der Waals surface area (Å²) in [5.74, 6) is 0.857. The van der Waals surface area contributed by atoms with Gasteiger partial charge in [0, 0.05) is 10.5 Å². The Balaban J connectivity index is 2.24. The molecule has 19 heavy (non-hydrogen) atoms. The summed E-state index contributed by atoms with van der Waals surface area (Å²) in [7, 11) is 1.67. The number of hydrogen-bond acceptors (Lipinski definition) is 2. The molecule has 2 nitrogen and oxygen atoms in total. The summed E-state index contributed by atoms with van der Waals surface area (Å²) in [5.41, 5.74) is 9.91. The van der Waals surface area contributed by atoms with Crippen molar-refractivity contribution in [2.45, 2.75) is 19.4 Å². The second-order valence-corrected chi connectivity index (χ2v) is 5.48. The maximum absolute atomic E-state index is 6.33. The summed E-state index contributed by atoms with van der Waals surface area (Å²) in [6, 6.07) is 14.2. The predicted octanol–water partition coefficient (Wildman–Crippen LogP) is 4.01. The van der Waals surface area contributed by atoms with E-state index in [-0.39, 0.29) is 6.04 Å². The molecule has 1 atom stereocenters. The van der Waals surface area contributed by atoms with Gasteiger partial charge in [0.05, 0.1) is 7.11 Å². The largest absolute Gasteiger partial charge is 0.497 e. The zero-order valence-electron chi connectivity index (χ0n) is 11.2. The minimum atomic E-state index is -0.00962. The third kappa shape index (κ3) is 3.37. The first-order valence-electron chi connectivity index (χ1n) is 6.25. The highest BCUT2D eigenvalue weighted by Crippen LogP contribution is 2.27. The molecule has 0 aliphatic carbocycles. The van der Waals surface area contributed by atoms with Crippen LogP contribution in [0.1, 0.15) is 22.7 Å². The lowest BCUT2D eigenvalue weighted by Crippen LogP contribution is -2.15. The molecule has 2 aromatic carbocycles. The Bertz CT molecular complexity index is 568. The Labute approximate surface area is 122 Å². The predicted molar refractivity (Wildman–Crippen MR) is 82.5 cm³/mol. The van der Waals surface area contributed by atoms with Gasteiger partial charge in [-0.05, 0) is 48.2 Å². The molecule has 2 aromatic rings. The molecule has 2 rings (SSSR count). The molecule has 2 N–H and O–H groups in total. The molecule has 0 spiro atoms. The van der Waals surface area contributed by atoms with E-state index < -0.39 is 0 Å². The summed E-state index contributed by atoms with van der Waals surface area (Å²) in [6.07, 6.45) is 0.780. The first-order chi connectivity index (χ1) is 9.11. The van der Waals surface area contributed by atoms with Crippen molar-refractivity contribution in [2.24, 2.45) is 5.73 Å². The van der Waals surface area contributed by atoms with Gasteiger partial charge in [0.25, 0.3) is 0 Å². The third-order valence-electron chi connectivity index (χ3n) is 3.28. The highest BCUT2D eigenvalue weighted by molar-refractivity contribution is 9.10. The average molecular weight is 320 g/mol. The summed E-state index contributed by atoms with van der Waals surface area (Å²) in [6.45, 7) is 2.09. The molecule has 0 saturated heterocycles. The third-order valence-corrected chi connectivity index (χ3v) is 4.05. The van der Waals surface area contributed by atoms with E-state index in [1.807, 2.05) is 30.3 Å². The van der Waals surface area contributed by atoms with Gasteiger partial charge in [-0.2, -0.15) is 0 Å². The lowest BCUT2D eigenvalue weighted by atomic mass is 9.96. The van der Waals surface area contributed by atoms with Crippen molar-refractivity contribution in [1.29, 1.82) is 0 Å². The Kier molecular flexibility index (Phi) is 4.61. The lowest BCUT2D eigenvalue weighted by molar-refractivity contribution is 0.414. The van der Waals surface area contributed by atoms with E-state index in [2.05, 4.69) is 35.0 Å². The number of hydrogen-bond donors (Lipinski definition) is 1. The minimum absolute atomic E-state index is 0.00962. The SMILES string of the molecule is COc1ccc(Br)c(CC(N)c2ccccc2C)c1. The molecule has 0 heterocycles. The smallest absolute Gasteiger partial charge is 0.119 e. The van der Waals surface area contributed by atoms with Crippen LogP contribution in [0.5, 0.6) is 5.75 Å². The summed E-state index contributed by atoms with van der Waals surface area (Å²) in [5, 5.41) is 0. The van der Waals surface area contributed by atoms with Crippen molar-refractivity contribution in [3.63, 3.8) is 0 Å². The van der Waals surface area contributed by atoms with Crippen LogP contribution in [0.15, 0.2) is 46.9 Å².